The van der Waals surface area contributed by atoms with Crippen LogP contribution in [0, 0.1) is 0 Å². The molecule has 3 aromatic carbocycles. The molecule has 34 heavy (non-hydrogen) atoms. The molecular formula is C29H26O5. The molecule has 4 rings (SSSR count). The normalized spacial score (nSPS) is 13.5. The van der Waals surface area contributed by atoms with Crippen molar-refractivity contribution in [1.29, 1.82) is 0 Å². The molecule has 0 heterocycles. The van der Waals surface area contributed by atoms with Crippen LogP contribution in [0.4, 0.5) is 0 Å². The number of hydrogen-bond acceptors (Lipinski definition) is 5. The Kier molecular flexibility index (Phi) is 6.46. The van der Waals surface area contributed by atoms with Crippen LogP contribution in [0.25, 0.3) is 5.57 Å². The summed E-state index contributed by atoms with van der Waals surface area (Å²) in [4.78, 5) is 39.5. The molecule has 0 fully saturated rings. The maximum absolute atomic E-state index is 13.2. The van der Waals surface area contributed by atoms with Gasteiger partial charge in [0.2, 0.25) is 5.78 Å². The summed E-state index contributed by atoms with van der Waals surface area (Å²) in [5, 5.41) is 0. The molecular weight excluding hydrogens is 428 g/mol. The molecule has 0 unspecified atom stereocenters. The SMILES string of the molecule is CC(C)(C)c1ccc(OCCOC(=O)C2=C(c3ccccc3)C(=O)c3ccccc3C2=O)cc1. The number of ketones is 2. The Balaban J connectivity index is 1.51. The van der Waals surface area contributed by atoms with Gasteiger partial charge in [-0.2, -0.15) is 0 Å². The van der Waals surface area contributed by atoms with Gasteiger partial charge in [-0.25, -0.2) is 4.79 Å². The van der Waals surface area contributed by atoms with Crippen molar-refractivity contribution in [3.05, 3.63) is 107 Å². The molecule has 0 saturated carbocycles. The number of ether oxygens (including phenoxy) is 2. The minimum atomic E-state index is -0.835. The molecule has 0 spiro atoms. The highest BCUT2D eigenvalue weighted by Crippen LogP contribution is 2.33. The standard InChI is InChI=1S/C29H26O5/c1-29(2,3)20-13-15-21(16-14-20)33-17-18-34-28(32)25-24(19-9-5-4-6-10-19)26(30)22-11-7-8-12-23(22)27(25)31/h4-16H,17-18H2,1-3H3. The quantitative estimate of drug-likeness (QED) is 0.282. The van der Waals surface area contributed by atoms with E-state index in [1.807, 2.05) is 24.3 Å². The second kappa shape index (κ2) is 9.48. The fourth-order valence-corrected chi connectivity index (χ4v) is 3.87. The molecule has 0 saturated heterocycles. The second-order valence-electron chi connectivity index (χ2n) is 9.08. The third-order valence-corrected chi connectivity index (χ3v) is 5.69. The predicted molar refractivity (Wildman–Crippen MR) is 130 cm³/mol. The van der Waals surface area contributed by atoms with Gasteiger partial charge in [0.25, 0.3) is 0 Å². The number of benzene rings is 3. The van der Waals surface area contributed by atoms with E-state index >= 15 is 0 Å². The lowest BCUT2D eigenvalue weighted by Crippen LogP contribution is -2.28. The lowest BCUT2D eigenvalue weighted by atomic mass is 9.81. The van der Waals surface area contributed by atoms with Crippen molar-refractivity contribution in [2.45, 2.75) is 26.2 Å². The summed E-state index contributed by atoms with van der Waals surface area (Å²) in [7, 11) is 0. The molecule has 0 amide bonds. The summed E-state index contributed by atoms with van der Waals surface area (Å²) in [6.07, 6.45) is 0. The third-order valence-electron chi connectivity index (χ3n) is 5.69. The Hall–Kier alpha value is -3.99. The fourth-order valence-electron chi connectivity index (χ4n) is 3.87. The summed E-state index contributed by atoms with van der Waals surface area (Å²) < 4.78 is 11.1. The van der Waals surface area contributed by atoms with Gasteiger partial charge >= 0.3 is 5.97 Å². The number of rotatable bonds is 6. The summed E-state index contributed by atoms with van der Waals surface area (Å²) in [6.45, 7) is 6.46. The third kappa shape index (κ3) is 4.69. The lowest BCUT2D eigenvalue weighted by molar-refractivity contribution is -0.139. The number of hydrogen-bond donors (Lipinski definition) is 0. The van der Waals surface area contributed by atoms with Gasteiger partial charge in [0.05, 0.1) is 0 Å². The van der Waals surface area contributed by atoms with Crippen LogP contribution in [-0.4, -0.2) is 30.7 Å². The van der Waals surface area contributed by atoms with Crippen molar-refractivity contribution in [3.8, 4) is 5.75 Å². The number of fused-ring (bicyclic) bond motifs is 1. The summed E-state index contributed by atoms with van der Waals surface area (Å²) in [5.74, 6) is -1.06. The lowest BCUT2D eigenvalue weighted by Gasteiger charge is -2.20. The van der Waals surface area contributed by atoms with Crippen molar-refractivity contribution < 1.29 is 23.9 Å². The van der Waals surface area contributed by atoms with Crippen LogP contribution in [-0.2, 0) is 14.9 Å². The van der Waals surface area contributed by atoms with Gasteiger partial charge in [0.15, 0.2) is 5.78 Å². The van der Waals surface area contributed by atoms with Gasteiger partial charge in [-0.05, 0) is 28.7 Å². The Morgan fingerprint density at radius 3 is 1.94 bits per heavy atom. The van der Waals surface area contributed by atoms with E-state index in [1.54, 1.807) is 54.6 Å². The van der Waals surface area contributed by atoms with Crippen molar-refractivity contribution in [2.24, 2.45) is 0 Å². The first-order valence-electron chi connectivity index (χ1n) is 11.2. The van der Waals surface area contributed by atoms with Crippen molar-refractivity contribution >= 4 is 23.1 Å². The summed E-state index contributed by atoms with van der Waals surface area (Å²) in [6, 6.07) is 23.0. The van der Waals surface area contributed by atoms with Crippen LogP contribution in [0.15, 0.2) is 84.4 Å². The molecule has 0 aliphatic heterocycles. The monoisotopic (exact) mass is 454 g/mol. The first-order valence-corrected chi connectivity index (χ1v) is 11.2. The van der Waals surface area contributed by atoms with Crippen molar-refractivity contribution in [2.75, 3.05) is 13.2 Å². The zero-order chi connectivity index (χ0) is 24.3. The van der Waals surface area contributed by atoms with Gasteiger partial charge in [-0.15, -0.1) is 0 Å². The van der Waals surface area contributed by atoms with E-state index in [2.05, 4.69) is 20.8 Å². The number of Topliss-reactive ketones (excluding diaryl/α,β-unsaturated/α-hetero) is 2. The largest absolute Gasteiger partial charge is 0.490 e. The number of allylic oxidation sites excluding steroid dienone is 1. The summed E-state index contributed by atoms with van der Waals surface area (Å²) in [5.41, 5.74) is 2.03. The van der Waals surface area contributed by atoms with Crippen molar-refractivity contribution in [3.63, 3.8) is 0 Å². The maximum atomic E-state index is 13.2. The van der Waals surface area contributed by atoms with Gasteiger partial charge in [0, 0.05) is 16.7 Å². The van der Waals surface area contributed by atoms with E-state index in [0.717, 1.165) is 0 Å². The Bertz CT molecular complexity index is 1260. The molecule has 0 bridgehead atoms. The first kappa shape index (κ1) is 23.2. The van der Waals surface area contributed by atoms with E-state index in [1.165, 1.54) is 5.56 Å². The van der Waals surface area contributed by atoms with E-state index in [4.69, 9.17) is 9.47 Å². The maximum Gasteiger partial charge on any atom is 0.343 e. The van der Waals surface area contributed by atoms with E-state index in [9.17, 15) is 14.4 Å². The zero-order valence-electron chi connectivity index (χ0n) is 19.5. The van der Waals surface area contributed by atoms with Gasteiger partial charge < -0.3 is 9.47 Å². The van der Waals surface area contributed by atoms with Crippen molar-refractivity contribution in [1.82, 2.24) is 0 Å². The first-order chi connectivity index (χ1) is 16.3. The van der Waals surface area contributed by atoms with Crippen LogP contribution in [0.2, 0.25) is 0 Å². The molecule has 1 aliphatic carbocycles. The molecule has 5 heteroatoms. The highest BCUT2D eigenvalue weighted by Gasteiger charge is 2.37. The Morgan fingerprint density at radius 1 is 0.735 bits per heavy atom. The van der Waals surface area contributed by atoms with Gasteiger partial charge in [-0.1, -0.05) is 87.5 Å². The number of carbonyl (C=O) groups excluding carboxylic acids is 3. The molecule has 0 N–H and O–H groups in total. The minimum Gasteiger partial charge on any atom is -0.490 e. The fraction of sp³-hybridized carbons (Fsp3) is 0.207. The highest BCUT2D eigenvalue weighted by atomic mass is 16.6. The topological polar surface area (TPSA) is 69.7 Å². The van der Waals surface area contributed by atoms with Crippen LogP contribution in [0.3, 0.4) is 0 Å². The molecule has 1 aliphatic rings. The highest BCUT2D eigenvalue weighted by molar-refractivity contribution is 6.46. The molecule has 0 atom stereocenters. The predicted octanol–water partition coefficient (Wildman–Crippen LogP) is 5.44. The molecule has 0 aromatic heterocycles. The number of esters is 1. The number of carbonyl (C=O) groups is 3. The van der Waals surface area contributed by atoms with E-state index in [-0.39, 0.29) is 46.7 Å². The zero-order valence-corrected chi connectivity index (χ0v) is 19.5. The van der Waals surface area contributed by atoms with Gasteiger partial charge in [0.1, 0.15) is 24.5 Å². The van der Waals surface area contributed by atoms with Crippen LogP contribution in [0.1, 0.15) is 52.6 Å². The Morgan fingerprint density at radius 2 is 1.32 bits per heavy atom. The average molecular weight is 455 g/mol. The van der Waals surface area contributed by atoms with E-state index < -0.39 is 11.8 Å². The van der Waals surface area contributed by atoms with Crippen LogP contribution >= 0.6 is 0 Å². The molecule has 3 aromatic rings. The summed E-state index contributed by atoms with van der Waals surface area (Å²) >= 11 is 0. The molecule has 5 nitrogen and oxygen atoms in total. The minimum absolute atomic E-state index is 0.0425. The molecule has 0 radical (unpaired) electrons. The Labute approximate surface area is 199 Å². The smallest absolute Gasteiger partial charge is 0.343 e. The molecule has 172 valence electrons. The van der Waals surface area contributed by atoms with Gasteiger partial charge in [-0.3, -0.25) is 9.59 Å². The van der Waals surface area contributed by atoms with Crippen LogP contribution < -0.4 is 4.74 Å². The van der Waals surface area contributed by atoms with E-state index in [0.29, 0.717) is 11.3 Å². The average Bonchev–Trinajstić information content (AvgIpc) is 2.84. The second-order valence-corrected chi connectivity index (χ2v) is 9.08. The van der Waals surface area contributed by atoms with Crippen LogP contribution in [0.5, 0.6) is 5.75 Å².